The summed E-state index contributed by atoms with van der Waals surface area (Å²) in [5.41, 5.74) is 3.11. The number of nitrogens with zero attached hydrogens (tertiary/aromatic N) is 3. The molecule has 3 aromatic rings. The molecule has 16 heavy (non-hydrogen) atoms. The Balaban J connectivity index is 2.19. The number of pyridine rings is 2. The fourth-order valence-electron chi connectivity index (χ4n) is 1.52. The van der Waals surface area contributed by atoms with Crippen LogP contribution < -0.4 is 0 Å². The lowest BCUT2D eigenvalue weighted by atomic mass is 10.3. The SMILES string of the molecule is Cc1ccc2nc(-c3cccnc3)oc2n1. The van der Waals surface area contributed by atoms with E-state index in [0.29, 0.717) is 11.6 Å². The lowest BCUT2D eigenvalue weighted by molar-refractivity contribution is 0.606. The maximum absolute atomic E-state index is 5.57. The molecule has 0 spiro atoms. The molecule has 0 N–H and O–H groups in total. The van der Waals surface area contributed by atoms with E-state index in [1.807, 2.05) is 31.2 Å². The Kier molecular flexibility index (Phi) is 1.93. The summed E-state index contributed by atoms with van der Waals surface area (Å²) < 4.78 is 5.57. The minimum atomic E-state index is 0.557. The van der Waals surface area contributed by atoms with Crippen molar-refractivity contribution >= 4 is 11.2 Å². The molecule has 78 valence electrons. The van der Waals surface area contributed by atoms with Crippen LogP contribution in [0.2, 0.25) is 0 Å². The van der Waals surface area contributed by atoms with E-state index in [4.69, 9.17) is 4.42 Å². The Bertz CT molecular complexity index is 631. The van der Waals surface area contributed by atoms with E-state index >= 15 is 0 Å². The molecule has 4 heteroatoms. The molecule has 0 saturated heterocycles. The van der Waals surface area contributed by atoms with Crippen LogP contribution in [0.4, 0.5) is 0 Å². The first-order valence-electron chi connectivity index (χ1n) is 4.97. The minimum absolute atomic E-state index is 0.557. The van der Waals surface area contributed by atoms with Crippen LogP contribution in [0.1, 0.15) is 5.69 Å². The van der Waals surface area contributed by atoms with Gasteiger partial charge >= 0.3 is 0 Å². The molecular formula is C12H9N3O. The van der Waals surface area contributed by atoms with Crippen molar-refractivity contribution in [2.75, 3.05) is 0 Å². The Labute approximate surface area is 92.0 Å². The zero-order valence-corrected chi connectivity index (χ0v) is 8.71. The highest BCUT2D eigenvalue weighted by Crippen LogP contribution is 2.22. The monoisotopic (exact) mass is 211 g/mol. The smallest absolute Gasteiger partial charge is 0.247 e. The van der Waals surface area contributed by atoms with Crippen molar-refractivity contribution in [1.82, 2.24) is 15.0 Å². The molecule has 0 aliphatic rings. The molecule has 0 bridgehead atoms. The number of aryl methyl sites for hydroxylation is 1. The van der Waals surface area contributed by atoms with Crippen molar-refractivity contribution in [2.24, 2.45) is 0 Å². The van der Waals surface area contributed by atoms with Gasteiger partial charge in [0, 0.05) is 18.1 Å². The fourth-order valence-corrected chi connectivity index (χ4v) is 1.52. The molecule has 3 rings (SSSR count). The van der Waals surface area contributed by atoms with Gasteiger partial charge in [0.1, 0.15) is 5.52 Å². The third-order valence-electron chi connectivity index (χ3n) is 2.30. The van der Waals surface area contributed by atoms with Crippen molar-refractivity contribution in [3.63, 3.8) is 0 Å². The molecule has 0 fully saturated rings. The van der Waals surface area contributed by atoms with E-state index in [1.165, 1.54) is 0 Å². The van der Waals surface area contributed by atoms with Crippen molar-refractivity contribution in [3.8, 4) is 11.5 Å². The highest BCUT2D eigenvalue weighted by molar-refractivity contribution is 5.72. The molecule has 0 atom stereocenters. The average molecular weight is 211 g/mol. The molecule has 3 heterocycles. The van der Waals surface area contributed by atoms with Crippen LogP contribution in [0.5, 0.6) is 0 Å². The molecule has 0 aliphatic heterocycles. The second-order valence-corrected chi connectivity index (χ2v) is 3.54. The molecule has 0 aliphatic carbocycles. The van der Waals surface area contributed by atoms with Crippen LogP contribution in [0.25, 0.3) is 22.7 Å². The Morgan fingerprint density at radius 1 is 1.12 bits per heavy atom. The zero-order valence-electron chi connectivity index (χ0n) is 8.71. The van der Waals surface area contributed by atoms with Gasteiger partial charge in [-0.3, -0.25) is 4.98 Å². The topological polar surface area (TPSA) is 51.8 Å². The predicted octanol–water partition coefficient (Wildman–Crippen LogP) is 2.59. The van der Waals surface area contributed by atoms with Gasteiger partial charge in [-0.05, 0) is 31.2 Å². The average Bonchev–Trinajstić information content (AvgIpc) is 2.73. The number of fused-ring (bicyclic) bond motifs is 1. The number of oxazole rings is 1. The molecule has 0 saturated carbocycles. The van der Waals surface area contributed by atoms with Gasteiger partial charge in [0.25, 0.3) is 0 Å². The maximum Gasteiger partial charge on any atom is 0.247 e. The number of hydrogen-bond donors (Lipinski definition) is 0. The van der Waals surface area contributed by atoms with E-state index in [1.54, 1.807) is 12.4 Å². The maximum atomic E-state index is 5.57. The highest BCUT2D eigenvalue weighted by Gasteiger charge is 2.08. The second kappa shape index (κ2) is 3.41. The van der Waals surface area contributed by atoms with Gasteiger partial charge in [-0.25, -0.2) is 9.97 Å². The quantitative estimate of drug-likeness (QED) is 0.620. The van der Waals surface area contributed by atoms with Crippen LogP contribution in [0.3, 0.4) is 0 Å². The van der Waals surface area contributed by atoms with Gasteiger partial charge in [0.15, 0.2) is 0 Å². The van der Waals surface area contributed by atoms with Crippen LogP contribution >= 0.6 is 0 Å². The molecule has 3 aromatic heterocycles. The Morgan fingerprint density at radius 2 is 2.06 bits per heavy atom. The summed E-state index contributed by atoms with van der Waals surface area (Å²) in [5.74, 6) is 0.557. The van der Waals surface area contributed by atoms with Gasteiger partial charge < -0.3 is 4.42 Å². The molecule has 0 amide bonds. The van der Waals surface area contributed by atoms with E-state index in [0.717, 1.165) is 16.8 Å². The van der Waals surface area contributed by atoms with E-state index in [-0.39, 0.29) is 0 Å². The molecule has 0 aromatic carbocycles. The second-order valence-electron chi connectivity index (χ2n) is 3.54. The summed E-state index contributed by atoms with van der Waals surface area (Å²) in [6, 6.07) is 7.58. The van der Waals surface area contributed by atoms with Crippen LogP contribution in [-0.2, 0) is 0 Å². The first-order valence-corrected chi connectivity index (χ1v) is 4.97. The normalized spacial score (nSPS) is 10.8. The van der Waals surface area contributed by atoms with E-state index in [2.05, 4.69) is 15.0 Å². The predicted molar refractivity (Wildman–Crippen MR) is 59.8 cm³/mol. The molecule has 0 radical (unpaired) electrons. The Hall–Kier alpha value is -2.23. The van der Waals surface area contributed by atoms with Crippen molar-refractivity contribution in [1.29, 1.82) is 0 Å². The summed E-state index contributed by atoms with van der Waals surface area (Å²) in [5, 5.41) is 0. The van der Waals surface area contributed by atoms with Crippen molar-refractivity contribution < 1.29 is 4.42 Å². The summed E-state index contributed by atoms with van der Waals surface area (Å²) in [6.45, 7) is 1.92. The minimum Gasteiger partial charge on any atom is -0.418 e. The fraction of sp³-hybridized carbons (Fsp3) is 0.0833. The summed E-state index contributed by atoms with van der Waals surface area (Å²) in [6.07, 6.45) is 3.44. The van der Waals surface area contributed by atoms with E-state index in [9.17, 15) is 0 Å². The van der Waals surface area contributed by atoms with Gasteiger partial charge in [0.2, 0.25) is 11.6 Å². The standard InChI is InChI=1S/C12H9N3O/c1-8-4-5-10-12(14-8)16-11(15-10)9-3-2-6-13-7-9/h2-7H,1H3. The third kappa shape index (κ3) is 1.44. The molecule has 4 nitrogen and oxygen atoms in total. The van der Waals surface area contributed by atoms with Gasteiger partial charge in [-0.1, -0.05) is 0 Å². The first-order chi connectivity index (χ1) is 7.83. The van der Waals surface area contributed by atoms with Crippen LogP contribution in [0, 0.1) is 6.92 Å². The summed E-state index contributed by atoms with van der Waals surface area (Å²) in [7, 11) is 0. The first kappa shape index (κ1) is 9.03. The van der Waals surface area contributed by atoms with Gasteiger partial charge in [-0.2, -0.15) is 0 Å². The summed E-state index contributed by atoms with van der Waals surface area (Å²) >= 11 is 0. The third-order valence-corrected chi connectivity index (χ3v) is 2.30. The van der Waals surface area contributed by atoms with Crippen LogP contribution in [0.15, 0.2) is 41.1 Å². The lowest BCUT2D eigenvalue weighted by Gasteiger charge is -1.90. The highest BCUT2D eigenvalue weighted by atomic mass is 16.4. The largest absolute Gasteiger partial charge is 0.418 e. The number of rotatable bonds is 1. The summed E-state index contributed by atoms with van der Waals surface area (Å²) in [4.78, 5) is 12.7. The van der Waals surface area contributed by atoms with Gasteiger partial charge in [-0.15, -0.1) is 0 Å². The lowest BCUT2D eigenvalue weighted by Crippen LogP contribution is -1.78. The van der Waals surface area contributed by atoms with Crippen molar-refractivity contribution in [2.45, 2.75) is 6.92 Å². The number of aromatic nitrogens is 3. The molecule has 0 unspecified atom stereocenters. The van der Waals surface area contributed by atoms with Crippen LogP contribution in [-0.4, -0.2) is 15.0 Å². The van der Waals surface area contributed by atoms with E-state index < -0.39 is 0 Å². The molecular weight excluding hydrogens is 202 g/mol. The zero-order chi connectivity index (χ0) is 11.0. The number of hydrogen-bond acceptors (Lipinski definition) is 4. The Morgan fingerprint density at radius 3 is 2.88 bits per heavy atom. The van der Waals surface area contributed by atoms with Crippen molar-refractivity contribution in [3.05, 3.63) is 42.4 Å². The van der Waals surface area contributed by atoms with Gasteiger partial charge in [0.05, 0.1) is 5.56 Å².